The van der Waals surface area contributed by atoms with Crippen molar-refractivity contribution < 1.29 is 23.2 Å². The molecule has 2 aromatic heterocycles. The Bertz CT molecular complexity index is 1100. The summed E-state index contributed by atoms with van der Waals surface area (Å²) in [6, 6.07) is 5.66. The Hall–Kier alpha value is -3.62. The average Bonchev–Trinajstić information content (AvgIpc) is 3.10. The first kappa shape index (κ1) is 18.7. The number of pyridine rings is 1. The standard InChI is InChI=1S/C20H19FN4O4/c1-10-14-7-12(21)4-5-13(14)20(26)25(2)9-16-17(19(27-3)24-29-16)11-6-15(28-10)18(22)23-8-11/h4-8,10H,9H2,1-3H3,(H2,22,23). The zero-order valence-corrected chi connectivity index (χ0v) is 16.1. The van der Waals surface area contributed by atoms with Crippen molar-refractivity contribution in [2.24, 2.45) is 0 Å². The Morgan fingerprint density at radius 1 is 1.34 bits per heavy atom. The number of nitrogens with zero attached hydrogens (tertiary/aromatic N) is 3. The van der Waals surface area contributed by atoms with E-state index in [4.69, 9.17) is 19.7 Å². The molecular formula is C20H19FN4O4. The van der Waals surface area contributed by atoms with Gasteiger partial charge < -0.3 is 24.6 Å². The lowest BCUT2D eigenvalue weighted by Crippen LogP contribution is -2.28. The molecule has 0 radical (unpaired) electrons. The van der Waals surface area contributed by atoms with Crippen molar-refractivity contribution in [1.82, 2.24) is 15.0 Å². The van der Waals surface area contributed by atoms with Gasteiger partial charge in [-0.25, -0.2) is 9.37 Å². The van der Waals surface area contributed by atoms with Crippen molar-refractivity contribution in [3.05, 3.63) is 53.2 Å². The number of amides is 1. The Labute approximate surface area is 166 Å². The zero-order chi connectivity index (χ0) is 20.7. The van der Waals surface area contributed by atoms with Crippen LogP contribution >= 0.6 is 0 Å². The fraction of sp³-hybridized carbons (Fsp3) is 0.250. The molecule has 150 valence electrons. The van der Waals surface area contributed by atoms with Gasteiger partial charge in [0.2, 0.25) is 0 Å². The van der Waals surface area contributed by atoms with E-state index < -0.39 is 11.9 Å². The number of halogens is 1. The van der Waals surface area contributed by atoms with E-state index in [0.717, 1.165) is 0 Å². The van der Waals surface area contributed by atoms with Gasteiger partial charge in [0.1, 0.15) is 11.9 Å². The summed E-state index contributed by atoms with van der Waals surface area (Å²) >= 11 is 0. The van der Waals surface area contributed by atoms with Crippen molar-refractivity contribution in [2.75, 3.05) is 19.9 Å². The van der Waals surface area contributed by atoms with E-state index in [9.17, 15) is 9.18 Å². The second kappa shape index (κ2) is 7.08. The lowest BCUT2D eigenvalue weighted by Gasteiger charge is -2.23. The number of methoxy groups -OCH3 is 1. The molecule has 1 aromatic carbocycles. The highest BCUT2D eigenvalue weighted by atomic mass is 19.1. The number of hydrogen-bond donors (Lipinski definition) is 1. The van der Waals surface area contributed by atoms with Crippen LogP contribution in [-0.2, 0) is 6.54 Å². The highest BCUT2D eigenvalue weighted by molar-refractivity contribution is 5.95. The number of carbonyl (C=O) groups excluding carboxylic acids is 1. The van der Waals surface area contributed by atoms with E-state index in [1.165, 1.54) is 30.2 Å². The molecule has 0 aliphatic carbocycles. The lowest BCUT2D eigenvalue weighted by atomic mass is 10.0. The summed E-state index contributed by atoms with van der Waals surface area (Å²) in [5, 5.41) is 3.93. The van der Waals surface area contributed by atoms with Crippen molar-refractivity contribution in [1.29, 1.82) is 0 Å². The van der Waals surface area contributed by atoms with Crippen LogP contribution < -0.4 is 15.2 Å². The first-order chi connectivity index (χ1) is 13.9. The fourth-order valence-electron chi connectivity index (χ4n) is 3.34. The average molecular weight is 398 g/mol. The third-order valence-corrected chi connectivity index (χ3v) is 4.81. The van der Waals surface area contributed by atoms with Crippen molar-refractivity contribution >= 4 is 11.7 Å². The Morgan fingerprint density at radius 3 is 2.90 bits per heavy atom. The summed E-state index contributed by atoms with van der Waals surface area (Å²) in [5.41, 5.74) is 7.87. The molecule has 1 atom stereocenters. The third-order valence-electron chi connectivity index (χ3n) is 4.81. The molecule has 9 heteroatoms. The van der Waals surface area contributed by atoms with Gasteiger partial charge >= 0.3 is 0 Å². The number of nitrogens with two attached hydrogens (primary N) is 1. The second-order valence-corrected chi connectivity index (χ2v) is 6.75. The second-order valence-electron chi connectivity index (χ2n) is 6.75. The molecule has 4 rings (SSSR count). The number of fused-ring (bicyclic) bond motifs is 5. The molecule has 0 spiro atoms. The molecule has 3 heterocycles. The maximum atomic E-state index is 13.9. The van der Waals surface area contributed by atoms with Crippen molar-refractivity contribution in [3.63, 3.8) is 0 Å². The van der Waals surface area contributed by atoms with E-state index in [-0.39, 0.29) is 24.1 Å². The van der Waals surface area contributed by atoms with Gasteiger partial charge in [-0.3, -0.25) is 4.79 Å². The normalized spacial score (nSPS) is 16.2. The number of ether oxygens (including phenoxy) is 2. The molecule has 2 N–H and O–H groups in total. The number of hydrogen-bond acceptors (Lipinski definition) is 7. The molecule has 8 nitrogen and oxygen atoms in total. The molecule has 1 amide bonds. The highest BCUT2D eigenvalue weighted by Crippen LogP contribution is 2.38. The molecule has 0 fully saturated rings. The summed E-state index contributed by atoms with van der Waals surface area (Å²) in [4.78, 5) is 18.7. The van der Waals surface area contributed by atoms with Gasteiger partial charge in [-0.15, -0.1) is 0 Å². The summed E-state index contributed by atoms with van der Waals surface area (Å²) in [7, 11) is 3.09. The SMILES string of the molecule is COc1noc2c1-c1cnc(N)c(c1)OC(C)c1cc(F)ccc1C(=O)N(C)C2. The zero-order valence-electron chi connectivity index (χ0n) is 16.1. The van der Waals surface area contributed by atoms with Gasteiger partial charge in [-0.1, -0.05) is 0 Å². The van der Waals surface area contributed by atoms with Crippen LogP contribution in [0.3, 0.4) is 0 Å². The number of anilines is 1. The minimum atomic E-state index is -0.652. The summed E-state index contributed by atoms with van der Waals surface area (Å²) < 4.78 is 30.6. The molecule has 3 aromatic rings. The van der Waals surface area contributed by atoms with E-state index in [1.54, 1.807) is 26.2 Å². The van der Waals surface area contributed by atoms with Crippen LogP contribution in [-0.4, -0.2) is 35.1 Å². The Morgan fingerprint density at radius 2 is 2.14 bits per heavy atom. The largest absolute Gasteiger partial charge is 0.482 e. The van der Waals surface area contributed by atoms with Crippen LogP contribution in [0.1, 0.15) is 34.7 Å². The number of rotatable bonds is 1. The Balaban J connectivity index is 1.94. The molecule has 0 saturated heterocycles. The maximum absolute atomic E-state index is 13.9. The molecule has 1 aliphatic rings. The quantitative estimate of drug-likeness (QED) is 0.671. The van der Waals surface area contributed by atoms with Gasteiger partial charge in [-0.05, 0) is 36.3 Å². The lowest BCUT2D eigenvalue weighted by molar-refractivity contribution is 0.0767. The molecule has 1 unspecified atom stereocenters. The van der Waals surface area contributed by atoms with Crippen LogP contribution in [0.2, 0.25) is 0 Å². The first-order valence-electron chi connectivity index (χ1n) is 8.89. The van der Waals surface area contributed by atoms with Crippen LogP contribution in [0, 0.1) is 5.82 Å². The number of carbonyl (C=O) groups is 1. The first-order valence-corrected chi connectivity index (χ1v) is 8.89. The highest BCUT2D eigenvalue weighted by Gasteiger charge is 2.27. The van der Waals surface area contributed by atoms with Crippen LogP contribution in [0.25, 0.3) is 11.1 Å². The maximum Gasteiger partial charge on any atom is 0.262 e. The molecule has 1 aliphatic heterocycles. The number of benzene rings is 1. The molecule has 29 heavy (non-hydrogen) atoms. The third kappa shape index (κ3) is 3.24. The molecule has 2 bridgehead atoms. The van der Waals surface area contributed by atoms with E-state index in [2.05, 4.69) is 10.1 Å². The van der Waals surface area contributed by atoms with Gasteiger partial charge in [-0.2, -0.15) is 0 Å². The number of aromatic nitrogens is 2. The summed E-state index contributed by atoms with van der Waals surface area (Å²) in [6.45, 7) is 1.84. The van der Waals surface area contributed by atoms with Gasteiger partial charge in [0.15, 0.2) is 17.3 Å². The molecule has 0 saturated carbocycles. The van der Waals surface area contributed by atoms with E-state index in [1.807, 2.05) is 0 Å². The molecular weight excluding hydrogens is 379 g/mol. The van der Waals surface area contributed by atoms with E-state index in [0.29, 0.717) is 33.8 Å². The predicted molar refractivity (Wildman–Crippen MR) is 102 cm³/mol. The van der Waals surface area contributed by atoms with Crippen LogP contribution in [0.15, 0.2) is 35.0 Å². The van der Waals surface area contributed by atoms with Crippen molar-refractivity contribution in [2.45, 2.75) is 19.6 Å². The fourth-order valence-corrected chi connectivity index (χ4v) is 3.34. The monoisotopic (exact) mass is 398 g/mol. The topological polar surface area (TPSA) is 104 Å². The van der Waals surface area contributed by atoms with E-state index >= 15 is 0 Å². The van der Waals surface area contributed by atoms with Gasteiger partial charge in [0.25, 0.3) is 11.8 Å². The van der Waals surface area contributed by atoms with Gasteiger partial charge in [0, 0.05) is 29.9 Å². The smallest absolute Gasteiger partial charge is 0.262 e. The van der Waals surface area contributed by atoms with Crippen LogP contribution in [0.5, 0.6) is 11.6 Å². The van der Waals surface area contributed by atoms with Crippen molar-refractivity contribution in [3.8, 4) is 22.8 Å². The summed E-state index contributed by atoms with van der Waals surface area (Å²) in [5.74, 6) is 0.339. The number of nitrogen functional groups attached to an aromatic ring is 1. The minimum absolute atomic E-state index is 0.121. The summed E-state index contributed by atoms with van der Waals surface area (Å²) in [6.07, 6.45) is 0.896. The minimum Gasteiger partial charge on any atom is -0.482 e. The predicted octanol–water partition coefficient (Wildman–Crippen LogP) is 3.19. The van der Waals surface area contributed by atoms with Crippen LogP contribution in [0.4, 0.5) is 10.2 Å². The Kier molecular flexibility index (Phi) is 4.57. The van der Waals surface area contributed by atoms with Gasteiger partial charge in [0.05, 0.1) is 19.2 Å².